The van der Waals surface area contributed by atoms with Crippen molar-refractivity contribution in [3.05, 3.63) is 71.8 Å². The van der Waals surface area contributed by atoms with Crippen molar-refractivity contribution >= 4 is 13.4 Å². The summed E-state index contributed by atoms with van der Waals surface area (Å²) in [6.07, 6.45) is 1.82. The number of benzene rings is 2. The summed E-state index contributed by atoms with van der Waals surface area (Å²) in [5, 5.41) is 0. The zero-order valence-corrected chi connectivity index (χ0v) is 11.2. The normalized spacial score (nSPS) is 17.6. The summed E-state index contributed by atoms with van der Waals surface area (Å²) in [5.41, 5.74) is 2.09. The van der Waals surface area contributed by atoms with Gasteiger partial charge in [0.05, 0.1) is 13.2 Å². The van der Waals surface area contributed by atoms with Crippen molar-refractivity contribution in [1.29, 1.82) is 0 Å². The lowest BCUT2D eigenvalue weighted by Crippen LogP contribution is -2.15. The van der Waals surface area contributed by atoms with Crippen LogP contribution in [0.4, 0.5) is 0 Å². The van der Waals surface area contributed by atoms with Crippen LogP contribution in [-0.2, 0) is 9.31 Å². The molecule has 0 amide bonds. The second kappa shape index (κ2) is 5.84. The number of ether oxygens (including phenoxy) is 1. The van der Waals surface area contributed by atoms with E-state index in [1.165, 1.54) is 7.69 Å². The molecule has 2 aromatic carbocycles. The molecule has 2 aromatic rings. The summed E-state index contributed by atoms with van der Waals surface area (Å²) in [4.78, 5) is 0. The van der Waals surface area contributed by atoms with E-state index in [1.54, 1.807) is 7.11 Å². The Hall–Kier alpha value is -2.20. The first-order valence-electron chi connectivity index (χ1n) is 6.42. The van der Waals surface area contributed by atoms with Crippen LogP contribution in [0.3, 0.4) is 0 Å². The van der Waals surface area contributed by atoms with Gasteiger partial charge in [-0.2, -0.15) is 0 Å². The third-order valence-corrected chi connectivity index (χ3v) is 3.18. The molecule has 4 heteroatoms. The lowest BCUT2D eigenvalue weighted by Gasteiger charge is -2.22. The summed E-state index contributed by atoms with van der Waals surface area (Å²) >= 11 is 0. The molecule has 0 aliphatic carbocycles. The van der Waals surface area contributed by atoms with Crippen molar-refractivity contribution in [2.24, 2.45) is 0 Å². The van der Waals surface area contributed by atoms with Gasteiger partial charge < -0.3 is 14.0 Å². The van der Waals surface area contributed by atoms with Gasteiger partial charge in [-0.15, -0.1) is 0 Å². The first-order chi connectivity index (χ1) is 9.86. The SMILES string of the molecule is COc1ccc(C2C=C(c3ccccc3)O[B]O2)cc1. The minimum absolute atomic E-state index is 0.148. The molecule has 0 saturated heterocycles. The second-order valence-electron chi connectivity index (χ2n) is 4.44. The topological polar surface area (TPSA) is 27.7 Å². The predicted octanol–water partition coefficient (Wildman–Crippen LogP) is 3.36. The molecule has 3 rings (SSSR count). The fourth-order valence-corrected chi connectivity index (χ4v) is 2.09. The predicted molar refractivity (Wildman–Crippen MR) is 78.1 cm³/mol. The maximum atomic E-state index is 5.52. The second-order valence-corrected chi connectivity index (χ2v) is 4.44. The average molecular weight is 265 g/mol. The largest absolute Gasteiger partial charge is 0.573 e. The Balaban J connectivity index is 1.86. The van der Waals surface area contributed by atoms with E-state index < -0.39 is 0 Å². The quantitative estimate of drug-likeness (QED) is 0.796. The van der Waals surface area contributed by atoms with Gasteiger partial charge in [0.25, 0.3) is 0 Å². The van der Waals surface area contributed by atoms with Crippen LogP contribution in [0, 0.1) is 0 Å². The third-order valence-electron chi connectivity index (χ3n) is 3.18. The van der Waals surface area contributed by atoms with Crippen molar-refractivity contribution in [2.45, 2.75) is 6.10 Å². The summed E-state index contributed by atoms with van der Waals surface area (Å²) in [7, 11) is 3.04. The van der Waals surface area contributed by atoms with Crippen LogP contribution in [0.5, 0.6) is 5.75 Å². The molecule has 0 saturated carbocycles. The Bertz CT molecular complexity index is 593. The van der Waals surface area contributed by atoms with E-state index in [4.69, 9.17) is 14.0 Å². The summed E-state index contributed by atoms with van der Waals surface area (Å²) in [5.74, 6) is 1.63. The number of rotatable bonds is 3. The Kier molecular flexibility index (Phi) is 3.74. The van der Waals surface area contributed by atoms with Crippen molar-refractivity contribution in [3.8, 4) is 5.75 Å². The van der Waals surface area contributed by atoms with Gasteiger partial charge in [0.1, 0.15) is 11.5 Å². The Morgan fingerprint density at radius 3 is 2.45 bits per heavy atom. The van der Waals surface area contributed by atoms with Crippen LogP contribution < -0.4 is 4.74 Å². The fourth-order valence-electron chi connectivity index (χ4n) is 2.09. The molecule has 0 fully saturated rings. The van der Waals surface area contributed by atoms with Gasteiger partial charge in [-0.1, -0.05) is 42.5 Å². The summed E-state index contributed by atoms with van der Waals surface area (Å²) in [6, 6.07) is 17.8. The molecule has 0 N–H and O–H groups in total. The highest BCUT2D eigenvalue weighted by molar-refractivity contribution is 6.21. The maximum absolute atomic E-state index is 5.52. The lowest BCUT2D eigenvalue weighted by molar-refractivity contribution is 0.209. The summed E-state index contributed by atoms with van der Waals surface area (Å²) < 4.78 is 16.1. The van der Waals surface area contributed by atoms with E-state index in [1.807, 2.05) is 60.7 Å². The van der Waals surface area contributed by atoms with Crippen molar-refractivity contribution in [2.75, 3.05) is 7.11 Å². The van der Waals surface area contributed by atoms with Crippen LogP contribution in [0.25, 0.3) is 5.76 Å². The van der Waals surface area contributed by atoms with E-state index in [0.717, 1.165) is 22.6 Å². The van der Waals surface area contributed by atoms with Gasteiger partial charge >= 0.3 is 7.69 Å². The summed E-state index contributed by atoms with van der Waals surface area (Å²) in [6.45, 7) is 0. The number of methoxy groups -OCH3 is 1. The molecular weight excluding hydrogens is 251 g/mol. The first-order valence-corrected chi connectivity index (χ1v) is 6.42. The molecule has 1 heterocycles. The zero-order chi connectivity index (χ0) is 13.8. The molecular formula is C16H14BO3. The van der Waals surface area contributed by atoms with Crippen LogP contribution in [0.2, 0.25) is 0 Å². The van der Waals surface area contributed by atoms with Crippen LogP contribution >= 0.6 is 0 Å². The highest BCUT2D eigenvalue weighted by Gasteiger charge is 2.19. The standard InChI is InChI=1S/C16H14BO3/c1-18-14-9-7-13(8-10-14)16-11-15(19-17-20-16)12-5-3-2-4-6-12/h2-11,16H,1H3. The maximum Gasteiger partial charge on any atom is 0.573 e. The number of hydrogen-bond donors (Lipinski definition) is 0. The van der Waals surface area contributed by atoms with Crippen LogP contribution in [0.15, 0.2) is 60.7 Å². The number of hydrogen-bond acceptors (Lipinski definition) is 3. The molecule has 3 nitrogen and oxygen atoms in total. The first kappa shape index (κ1) is 12.8. The molecule has 1 radical (unpaired) electrons. The molecule has 1 unspecified atom stereocenters. The van der Waals surface area contributed by atoms with Crippen LogP contribution in [-0.4, -0.2) is 14.8 Å². The molecule has 99 valence electrons. The zero-order valence-electron chi connectivity index (χ0n) is 11.2. The van der Waals surface area contributed by atoms with E-state index in [0.29, 0.717) is 0 Å². The minimum Gasteiger partial charge on any atom is -0.537 e. The van der Waals surface area contributed by atoms with Crippen LogP contribution in [0.1, 0.15) is 17.2 Å². The fraction of sp³-hybridized carbons (Fsp3) is 0.125. The molecule has 1 aliphatic heterocycles. The van der Waals surface area contributed by atoms with Gasteiger partial charge in [-0.25, -0.2) is 0 Å². The van der Waals surface area contributed by atoms with Gasteiger partial charge in [0.2, 0.25) is 0 Å². The monoisotopic (exact) mass is 265 g/mol. The Morgan fingerprint density at radius 1 is 1.00 bits per heavy atom. The van der Waals surface area contributed by atoms with Gasteiger partial charge in [0.15, 0.2) is 0 Å². The van der Waals surface area contributed by atoms with E-state index in [-0.39, 0.29) is 6.10 Å². The third kappa shape index (κ3) is 2.70. The Labute approximate surface area is 119 Å². The van der Waals surface area contributed by atoms with Gasteiger partial charge in [0, 0.05) is 5.56 Å². The highest BCUT2D eigenvalue weighted by atomic mass is 16.6. The minimum atomic E-state index is -0.148. The van der Waals surface area contributed by atoms with Crippen molar-refractivity contribution in [3.63, 3.8) is 0 Å². The molecule has 1 atom stereocenters. The van der Waals surface area contributed by atoms with Gasteiger partial charge in [-0.05, 0) is 23.8 Å². The van der Waals surface area contributed by atoms with E-state index in [9.17, 15) is 0 Å². The highest BCUT2D eigenvalue weighted by Crippen LogP contribution is 2.29. The average Bonchev–Trinajstić information content (AvgIpc) is 2.56. The smallest absolute Gasteiger partial charge is 0.537 e. The molecule has 0 spiro atoms. The van der Waals surface area contributed by atoms with Crippen molar-refractivity contribution in [1.82, 2.24) is 0 Å². The molecule has 1 aliphatic rings. The van der Waals surface area contributed by atoms with Gasteiger partial charge in [-0.3, -0.25) is 0 Å². The molecule has 0 bridgehead atoms. The lowest BCUT2D eigenvalue weighted by atomic mass is 10.0. The van der Waals surface area contributed by atoms with Crippen molar-refractivity contribution < 1.29 is 14.0 Å². The van der Waals surface area contributed by atoms with E-state index >= 15 is 0 Å². The molecule has 0 aromatic heterocycles. The molecule has 20 heavy (non-hydrogen) atoms. The Morgan fingerprint density at radius 2 is 1.75 bits per heavy atom. The van der Waals surface area contributed by atoms with E-state index in [2.05, 4.69) is 0 Å².